The van der Waals surface area contributed by atoms with Crippen molar-refractivity contribution in [2.45, 2.75) is 46.0 Å². The average Bonchev–Trinajstić information content (AvgIpc) is 2.78. The van der Waals surface area contributed by atoms with Gasteiger partial charge in [0.1, 0.15) is 11.9 Å². The lowest BCUT2D eigenvalue weighted by molar-refractivity contribution is -0.150. The van der Waals surface area contributed by atoms with Crippen molar-refractivity contribution in [1.29, 1.82) is 0 Å². The first kappa shape index (κ1) is 19.1. The molecule has 1 saturated heterocycles. The van der Waals surface area contributed by atoms with Gasteiger partial charge < -0.3 is 15.5 Å². The molecule has 0 bridgehead atoms. The molecule has 138 valence electrons. The van der Waals surface area contributed by atoms with Gasteiger partial charge in [0.05, 0.1) is 5.82 Å². The number of rotatable bonds is 5. The van der Waals surface area contributed by atoms with Crippen LogP contribution in [0.4, 0.5) is 19.0 Å². The molecule has 7 heteroatoms. The topological polar surface area (TPSA) is 40.2 Å². The molecule has 25 heavy (non-hydrogen) atoms. The Balaban J connectivity index is 2.00. The number of hydrogen-bond donors (Lipinski definition) is 2. The first-order valence-electron chi connectivity index (χ1n) is 8.11. The van der Waals surface area contributed by atoms with Gasteiger partial charge in [0, 0.05) is 25.0 Å². The molecule has 2 heterocycles. The molecular formula is C18H25F3N4. The Morgan fingerprint density at radius 2 is 2.08 bits per heavy atom. The van der Waals surface area contributed by atoms with E-state index >= 15 is 0 Å². The van der Waals surface area contributed by atoms with Crippen molar-refractivity contribution in [1.82, 2.24) is 15.2 Å². The Hall–Kier alpha value is -2.18. The lowest BCUT2D eigenvalue weighted by Crippen LogP contribution is -2.39. The molecule has 1 aliphatic rings. The van der Waals surface area contributed by atoms with E-state index in [2.05, 4.69) is 49.5 Å². The maximum atomic E-state index is 12.8. The molecule has 4 nitrogen and oxygen atoms in total. The number of nitrogens with zero attached hydrogens (tertiary/aromatic N) is 2. The van der Waals surface area contributed by atoms with Gasteiger partial charge in [-0.25, -0.2) is 4.98 Å². The Labute approximate surface area is 146 Å². The summed E-state index contributed by atoms with van der Waals surface area (Å²) in [6, 6.07) is 2.03. The number of anilines is 1. The molecule has 2 N–H and O–H groups in total. The van der Waals surface area contributed by atoms with E-state index in [9.17, 15) is 13.2 Å². The third-order valence-corrected chi connectivity index (χ3v) is 3.77. The fraction of sp³-hybridized carbons (Fsp3) is 0.500. The number of aromatic nitrogens is 1. The molecule has 0 spiro atoms. The van der Waals surface area contributed by atoms with Gasteiger partial charge in [-0.2, -0.15) is 13.2 Å². The van der Waals surface area contributed by atoms with E-state index in [1.165, 1.54) is 0 Å². The number of hydrogen-bond acceptors (Lipinski definition) is 4. The molecule has 1 aliphatic heterocycles. The summed E-state index contributed by atoms with van der Waals surface area (Å²) >= 11 is 0. The van der Waals surface area contributed by atoms with Crippen molar-refractivity contribution in [3.05, 3.63) is 48.6 Å². The molecule has 1 aromatic heterocycles. The van der Waals surface area contributed by atoms with E-state index in [4.69, 9.17) is 0 Å². The molecule has 0 aliphatic carbocycles. The van der Waals surface area contributed by atoms with Gasteiger partial charge in [-0.15, -0.1) is 0 Å². The van der Waals surface area contributed by atoms with Crippen LogP contribution in [0.25, 0.3) is 0 Å². The zero-order chi connectivity index (χ0) is 18.8. The quantitative estimate of drug-likeness (QED) is 0.829. The van der Waals surface area contributed by atoms with Crippen molar-refractivity contribution in [3.63, 3.8) is 0 Å². The second-order valence-electron chi connectivity index (χ2n) is 7.58. The van der Waals surface area contributed by atoms with Crippen LogP contribution >= 0.6 is 0 Å². The van der Waals surface area contributed by atoms with Gasteiger partial charge in [-0.3, -0.25) is 0 Å². The number of halogens is 3. The molecule has 1 atom stereocenters. The summed E-state index contributed by atoms with van der Waals surface area (Å²) in [7, 11) is 0. The largest absolute Gasteiger partial charge is 0.410 e. The van der Waals surface area contributed by atoms with Crippen molar-refractivity contribution in [2.24, 2.45) is 5.41 Å². The van der Waals surface area contributed by atoms with Crippen molar-refractivity contribution in [3.8, 4) is 0 Å². The monoisotopic (exact) mass is 354 g/mol. The Morgan fingerprint density at radius 1 is 1.40 bits per heavy atom. The summed E-state index contributed by atoms with van der Waals surface area (Å²) in [6.07, 6.45) is -1.86. The van der Waals surface area contributed by atoms with Crippen LogP contribution in [0.2, 0.25) is 0 Å². The third kappa shape index (κ3) is 5.69. The van der Waals surface area contributed by atoms with Gasteiger partial charge in [0.15, 0.2) is 0 Å². The molecule has 1 aromatic rings. The smallest absolute Gasteiger partial charge is 0.359 e. The van der Waals surface area contributed by atoms with Gasteiger partial charge >= 0.3 is 6.18 Å². The van der Waals surface area contributed by atoms with Crippen LogP contribution in [0, 0.1) is 5.41 Å². The molecule has 1 unspecified atom stereocenters. The van der Waals surface area contributed by atoms with E-state index in [1.54, 1.807) is 17.2 Å². The van der Waals surface area contributed by atoms with Crippen molar-refractivity contribution >= 4 is 5.82 Å². The molecule has 0 aromatic carbocycles. The Morgan fingerprint density at radius 3 is 2.64 bits per heavy atom. The van der Waals surface area contributed by atoms with Crippen LogP contribution in [0.1, 0.15) is 32.8 Å². The lowest BCUT2D eigenvalue weighted by Gasteiger charge is -2.21. The minimum atomic E-state index is -4.28. The molecular weight excluding hydrogens is 329 g/mol. The maximum Gasteiger partial charge on any atom is 0.410 e. The van der Waals surface area contributed by atoms with Crippen LogP contribution in [0.3, 0.4) is 0 Å². The van der Waals surface area contributed by atoms with Crippen molar-refractivity contribution < 1.29 is 13.2 Å². The molecule has 0 saturated carbocycles. The highest BCUT2D eigenvalue weighted by atomic mass is 19.4. The van der Waals surface area contributed by atoms with E-state index < -0.39 is 12.2 Å². The highest BCUT2D eigenvalue weighted by Gasteiger charge is 2.44. The normalized spacial score (nSPS) is 18.2. The molecule has 2 rings (SSSR count). The van der Waals surface area contributed by atoms with Gasteiger partial charge in [-0.05, 0) is 29.5 Å². The fourth-order valence-electron chi connectivity index (χ4n) is 2.74. The fourth-order valence-corrected chi connectivity index (χ4v) is 2.74. The van der Waals surface area contributed by atoms with Crippen LogP contribution in [0.5, 0.6) is 0 Å². The summed E-state index contributed by atoms with van der Waals surface area (Å²) in [4.78, 5) is 5.83. The predicted octanol–water partition coefficient (Wildman–Crippen LogP) is 4.25. The van der Waals surface area contributed by atoms with Crippen LogP contribution < -0.4 is 10.6 Å². The number of nitrogens with one attached hydrogen (secondary N) is 2. The highest BCUT2D eigenvalue weighted by Crippen LogP contribution is 2.28. The van der Waals surface area contributed by atoms with Gasteiger partial charge in [0.25, 0.3) is 0 Å². The first-order valence-corrected chi connectivity index (χ1v) is 8.11. The van der Waals surface area contributed by atoms with Crippen molar-refractivity contribution in [2.75, 3.05) is 11.9 Å². The highest BCUT2D eigenvalue weighted by molar-refractivity contribution is 5.43. The summed E-state index contributed by atoms with van der Waals surface area (Å²) < 4.78 is 38.5. The predicted molar refractivity (Wildman–Crippen MR) is 93.6 cm³/mol. The van der Waals surface area contributed by atoms with Gasteiger partial charge in [-0.1, -0.05) is 33.9 Å². The number of allylic oxidation sites excluding steroid dienone is 1. The molecule has 0 amide bonds. The SMILES string of the molecule is C=C(CC(C)(C)C)Nc1cc(CN2CC(C(F)(F)F)NC2=C)ccn1. The summed E-state index contributed by atoms with van der Waals surface area (Å²) in [5.41, 5.74) is 1.81. The summed E-state index contributed by atoms with van der Waals surface area (Å²) in [6.45, 7) is 14.2. The minimum Gasteiger partial charge on any atom is -0.359 e. The number of pyridine rings is 1. The van der Waals surface area contributed by atoms with E-state index in [1.807, 2.05) is 6.07 Å². The standard InChI is InChI=1S/C18H25F3N4/c1-12(9-17(3,4)5)23-16-8-14(6-7-22-16)10-25-11-15(18(19,20)21)24-13(25)2/h6-8,15,24H,1-2,9-11H2,3-5H3,(H,22,23). The summed E-state index contributed by atoms with van der Waals surface area (Å²) in [5.74, 6) is 0.919. The Kier molecular flexibility index (Phi) is 5.34. The van der Waals surface area contributed by atoms with Crippen LogP contribution in [-0.4, -0.2) is 28.6 Å². The molecule has 1 fully saturated rings. The van der Waals surface area contributed by atoms with Crippen LogP contribution in [0.15, 0.2) is 43.0 Å². The minimum absolute atomic E-state index is 0.104. The zero-order valence-corrected chi connectivity index (χ0v) is 14.9. The first-order chi connectivity index (χ1) is 11.4. The second kappa shape index (κ2) is 6.98. The zero-order valence-electron chi connectivity index (χ0n) is 14.9. The Bertz CT molecular complexity index is 646. The number of alkyl halides is 3. The average molecular weight is 354 g/mol. The second-order valence-corrected chi connectivity index (χ2v) is 7.58. The molecule has 0 radical (unpaired) electrons. The summed E-state index contributed by atoms with van der Waals surface area (Å²) in [5, 5.41) is 5.56. The van der Waals surface area contributed by atoms with Crippen LogP contribution in [-0.2, 0) is 6.54 Å². The maximum absolute atomic E-state index is 12.8. The van der Waals surface area contributed by atoms with Gasteiger partial charge in [0.2, 0.25) is 0 Å². The van der Waals surface area contributed by atoms with E-state index in [0.29, 0.717) is 12.4 Å². The lowest BCUT2D eigenvalue weighted by atomic mass is 9.91. The third-order valence-electron chi connectivity index (χ3n) is 3.77. The van der Waals surface area contributed by atoms with E-state index in [0.717, 1.165) is 17.7 Å². The van der Waals surface area contributed by atoms with E-state index in [-0.39, 0.29) is 17.8 Å².